The molecule has 0 saturated carbocycles. The van der Waals surface area contributed by atoms with Gasteiger partial charge in [-0.25, -0.2) is 9.67 Å². The molecule has 1 aliphatic heterocycles. The predicted molar refractivity (Wildman–Crippen MR) is 92.2 cm³/mol. The summed E-state index contributed by atoms with van der Waals surface area (Å²) in [6.07, 6.45) is 4.93. The maximum absolute atomic E-state index is 12.5. The third kappa shape index (κ3) is 3.71. The van der Waals surface area contributed by atoms with Crippen molar-refractivity contribution in [1.29, 1.82) is 0 Å². The Kier molecular flexibility index (Phi) is 5.13. The second-order valence-corrected chi connectivity index (χ2v) is 5.92. The molecule has 0 radical (unpaired) electrons. The molecule has 0 unspecified atom stereocenters. The highest BCUT2D eigenvalue weighted by Crippen LogP contribution is 2.28. The third-order valence-corrected chi connectivity index (χ3v) is 4.20. The molecule has 2 aromatic rings. The molecule has 1 aliphatic rings. The van der Waals surface area contributed by atoms with Gasteiger partial charge < -0.3 is 21.1 Å². The summed E-state index contributed by atoms with van der Waals surface area (Å²) in [5.41, 5.74) is 6.87. The normalized spacial score (nSPS) is 15.2. The molecule has 9 heteroatoms. The van der Waals surface area contributed by atoms with Crippen LogP contribution in [0.5, 0.6) is 0 Å². The lowest BCUT2D eigenvalue weighted by Crippen LogP contribution is -2.34. The number of amides is 2. The van der Waals surface area contributed by atoms with Crippen molar-refractivity contribution in [1.82, 2.24) is 20.1 Å². The van der Waals surface area contributed by atoms with Gasteiger partial charge in [0.15, 0.2) is 5.65 Å². The number of aromatic nitrogens is 3. The summed E-state index contributed by atoms with van der Waals surface area (Å²) in [6.45, 7) is 3.81. The zero-order valence-electron chi connectivity index (χ0n) is 14.1. The van der Waals surface area contributed by atoms with Crippen molar-refractivity contribution in [3.8, 4) is 0 Å². The fraction of sp³-hybridized carbons (Fsp3) is 0.500. The first-order valence-corrected chi connectivity index (χ1v) is 8.35. The first-order valence-electron chi connectivity index (χ1n) is 8.35. The highest BCUT2D eigenvalue weighted by atomic mass is 16.5. The Bertz CT molecular complexity index is 782. The van der Waals surface area contributed by atoms with Crippen LogP contribution in [0.15, 0.2) is 12.4 Å². The van der Waals surface area contributed by atoms with E-state index in [9.17, 15) is 9.59 Å². The first-order chi connectivity index (χ1) is 12.1. The van der Waals surface area contributed by atoms with Gasteiger partial charge in [0.1, 0.15) is 0 Å². The molecule has 1 fully saturated rings. The van der Waals surface area contributed by atoms with Crippen LogP contribution in [0.2, 0.25) is 0 Å². The third-order valence-electron chi connectivity index (χ3n) is 4.20. The summed E-state index contributed by atoms with van der Waals surface area (Å²) in [5.74, 6) is -0.993. The van der Waals surface area contributed by atoms with Gasteiger partial charge in [-0.15, -0.1) is 0 Å². The molecule has 1 saturated heterocycles. The molecule has 0 bridgehead atoms. The van der Waals surface area contributed by atoms with Gasteiger partial charge in [0.2, 0.25) is 5.91 Å². The van der Waals surface area contributed by atoms with Crippen molar-refractivity contribution in [3.63, 3.8) is 0 Å². The fourth-order valence-corrected chi connectivity index (χ4v) is 2.89. The van der Waals surface area contributed by atoms with E-state index in [1.54, 1.807) is 10.9 Å². The summed E-state index contributed by atoms with van der Waals surface area (Å²) in [7, 11) is 0. The molecule has 25 heavy (non-hydrogen) atoms. The van der Waals surface area contributed by atoms with Crippen LogP contribution < -0.4 is 16.4 Å². The second kappa shape index (κ2) is 7.47. The highest BCUT2D eigenvalue weighted by molar-refractivity contribution is 6.07. The highest BCUT2D eigenvalue weighted by Gasteiger charge is 2.22. The lowest BCUT2D eigenvalue weighted by Gasteiger charge is -2.25. The number of nitrogens with two attached hydrogens (primary N) is 1. The molecule has 9 nitrogen and oxygen atoms in total. The molecular weight excluding hydrogens is 324 g/mol. The quantitative estimate of drug-likeness (QED) is 0.689. The number of primary amides is 1. The molecular formula is C16H22N6O3. The van der Waals surface area contributed by atoms with E-state index in [-0.39, 0.29) is 12.6 Å². The molecule has 3 rings (SSSR count). The van der Waals surface area contributed by atoms with Crippen LogP contribution in [0.25, 0.3) is 11.0 Å². The largest absolute Gasteiger partial charge is 0.381 e. The second-order valence-electron chi connectivity index (χ2n) is 5.92. The number of hydrogen-bond acceptors (Lipinski definition) is 6. The number of fused-ring (bicyclic) bond motifs is 1. The number of carbonyl (C=O) groups excluding carboxylic acids is 2. The summed E-state index contributed by atoms with van der Waals surface area (Å²) in [5, 5.41) is 11.1. The van der Waals surface area contributed by atoms with E-state index in [1.807, 2.05) is 6.92 Å². The minimum Gasteiger partial charge on any atom is -0.381 e. The Balaban J connectivity index is 1.97. The molecule has 3 heterocycles. The van der Waals surface area contributed by atoms with Crippen LogP contribution in [0.4, 0.5) is 5.69 Å². The van der Waals surface area contributed by atoms with E-state index in [2.05, 4.69) is 20.7 Å². The van der Waals surface area contributed by atoms with Crippen molar-refractivity contribution >= 4 is 28.5 Å². The maximum Gasteiger partial charge on any atom is 0.255 e. The maximum atomic E-state index is 12.5. The number of nitrogens with zero attached hydrogens (tertiary/aromatic N) is 3. The Morgan fingerprint density at radius 3 is 2.80 bits per heavy atom. The van der Waals surface area contributed by atoms with Crippen LogP contribution in [0.1, 0.15) is 30.1 Å². The number of carbonyl (C=O) groups is 2. The number of nitrogens with one attached hydrogen (secondary N) is 2. The number of pyridine rings is 1. The van der Waals surface area contributed by atoms with Gasteiger partial charge in [-0.3, -0.25) is 9.59 Å². The summed E-state index contributed by atoms with van der Waals surface area (Å²) in [4.78, 5) is 27.8. The van der Waals surface area contributed by atoms with Crippen molar-refractivity contribution in [2.45, 2.75) is 32.4 Å². The molecule has 2 amide bonds. The minimum atomic E-state index is -0.597. The minimum absolute atomic E-state index is 0.201. The number of hydrogen-bond donors (Lipinski definition) is 3. The van der Waals surface area contributed by atoms with Crippen molar-refractivity contribution in [2.24, 2.45) is 5.73 Å². The van der Waals surface area contributed by atoms with Crippen molar-refractivity contribution in [3.05, 3.63) is 18.0 Å². The molecule has 0 aliphatic carbocycles. The summed E-state index contributed by atoms with van der Waals surface area (Å²) < 4.78 is 7.16. The SMILES string of the molecule is CCn1ncc2c(NC3CCOCC3)c(C(=O)NCC(N)=O)cnc21. The lowest BCUT2D eigenvalue weighted by atomic mass is 10.1. The topological polar surface area (TPSA) is 124 Å². The molecule has 0 spiro atoms. The Hall–Kier alpha value is -2.68. The van der Waals surface area contributed by atoms with Gasteiger partial charge in [0.25, 0.3) is 5.91 Å². The summed E-state index contributed by atoms with van der Waals surface area (Å²) >= 11 is 0. The number of aryl methyl sites for hydroxylation is 1. The van der Waals surface area contributed by atoms with E-state index in [1.165, 1.54) is 6.20 Å². The fourth-order valence-electron chi connectivity index (χ4n) is 2.89. The van der Waals surface area contributed by atoms with Crippen LogP contribution in [-0.2, 0) is 16.1 Å². The van der Waals surface area contributed by atoms with Crippen LogP contribution in [0, 0.1) is 0 Å². The lowest BCUT2D eigenvalue weighted by molar-refractivity contribution is -0.117. The van der Waals surface area contributed by atoms with Gasteiger partial charge >= 0.3 is 0 Å². The average Bonchev–Trinajstić information content (AvgIpc) is 3.04. The van der Waals surface area contributed by atoms with Gasteiger partial charge in [-0.1, -0.05) is 0 Å². The molecule has 2 aromatic heterocycles. The molecule has 4 N–H and O–H groups in total. The van der Waals surface area contributed by atoms with E-state index in [4.69, 9.17) is 10.5 Å². The monoisotopic (exact) mass is 346 g/mol. The summed E-state index contributed by atoms with van der Waals surface area (Å²) in [6, 6.07) is 0.201. The number of ether oxygens (including phenoxy) is 1. The standard InChI is InChI=1S/C16H22N6O3/c1-2-22-15-11(8-20-22)14(21-10-3-5-25-6-4-10)12(7-18-15)16(24)19-9-13(17)23/h7-8,10H,2-6,9H2,1H3,(H2,17,23)(H,18,21)(H,19,24). The van der Waals surface area contributed by atoms with Gasteiger partial charge in [0.05, 0.1) is 29.4 Å². The van der Waals surface area contributed by atoms with Crippen LogP contribution >= 0.6 is 0 Å². The van der Waals surface area contributed by atoms with Crippen LogP contribution in [0.3, 0.4) is 0 Å². The molecule has 0 aromatic carbocycles. The molecule has 134 valence electrons. The van der Waals surface area contributed by atoms with Gasteiger partial charge in [-0.05, 0) is 19.8 Å². The van der Waals surface area contributed by atoms with Gasteiger partial charge in [0, 0.05) is 32.0 Å². The van der Waals surface area contributed by atoms with E-state index < -0.39 is 11.8 Å². The van der Waals surface area contributed by atoms with E-state index in [0.29, 0.717) is 36.7 Å². The van der Waals surface area contributed by atoms with E-state index >= 15 is 0 Å². The Morgan fingerprint density at radius 2 is 2.12 bits per heavy atom. The van der Waals surface area contributed by atoms with Crippen LogP contribution in [-0.4, -0.2) is 52.4 Å². The number of anilines is 1. The Labute approximate surface area is 144 Å². The zero-order chi connectivity index (χ0) is 17.8. The Morgan fingerprint density at radius 1 is 1.36 bits per heavy atom. The predicted octanol–water partition coefficient (Wildman–Crippen LogP) is 0.257. The smallest absolute Gasteiger partial charge is 0.255 e. The average molecular weight is 346 g/mol. The number of rotatable bonds is 6. The first kappa shape index (κ1) is 17.2. The van der Waals surface area contributed by atoms with Gasteiger partial charge in [-0.2, -0.15) is 5.10 Å². The van der Waals surface area contributed by atoms with E-state index in [0.717, 1.165) is 18.2 Å². The van der Waals surface area contributed by atoms with Crippen molar-refractivity contribution in [2.75, 3.05) is 25.1 Å². The molecule has 0 atom stereocenters. The van der Waals surface area contributed by atoms with Crippen molar-refractivity contribution < 1.29 is 14.3 Å². The zero-order valence-corrected chi connectivity index (χ0v) is 14.1.